The third-order valence-electron chi connectivity index (χ3n) is 3.40. The van der Waals surface area contributed by atoms with Crippen LogP contribution >= 0.6 is 0 Å². The van der Waals surface area contributed by atoms with Gasteiger partial charge in [0.2, 0.25) is 0 Å². The number of terminal acetylenes is 1. The molecule has 1 amide bonds. The zero-order valence-electron chi connectivity index (χ0n) is 21.3. The summed E-state index contributed by atoms with van der Waals surface area (Å²) in [7, 11) is 2.90. The third-order valence-corrected chi connectivity index (χ3v) is 3.40. The van der Waals surface area contributed by atoms with E-state index in [1.165, 1.54) is 38.8 Å². The molecule has 2 aromatic carbocycles. The second-order valence-electron chi connectivity index (χ2n) is 5.52. The third kappa shape index (κ3) is 15.9. The second-order valence-corrected chi connectivity index (χ2v) is 5.52. The van der Waals surface area contributed by atoms with E-state index in [0.29, 0.717) is 0 Å². The maximum atomic E-state index is 13.5. The molecule has 0 aliphatic heterocycles. The number of hydrogen-bond acceptors (Lipinski definition) is 3. The van der Waals surface area contributed by atoms with Gasteiger partial charge in [-0.15, -0.1) is 0 Å². The molecular weight excluding hydrogens is 422 g/mol. The van der Waals surface area contributed by atoms with Crippen molar-refractivity contribution in [3.8, 4) is 12.5 Å². The number of amides is 1. The average molecular weight is 461 g/mol. The molecule has 0 saturated carbocycles. The minimum Gasteiger partial charge on any atom is -0.450 e. The van der Waals surface area contributed by atoms with E-state index in [2.05, 4.69) is 40.5 Å². The van der Waals surface area contributed by atoms with Crippen molar-refractivity contribution in [1.29, 1.82) is 0 Å². The first kappa shape index (κ1) is 34.2. The van der Waals surface area contributed by atoms with Crippen LogP contribution in [0.1, 0.15) is 52.7 Å². The predicted molar refractivity (Wildman–Crippen MR) is 136 cm³/mol. The monoisotopic (exact) mass is 460 g/mol. The Balaban J connectivity index is -0.000000491. The fourth-order valence-corrected chi connectivity index (χ4v) is 1.99. The maximum absolute atomic E-state index is 13.5. The molecule has 0 heterocycles. The van der Waals surface area contributed by atoms with Gasteiger partial charge in [-0.1, -0.05) is 82.2 Å². The van der Waals surface area contributed by atoms with Crippen molar-refractivity contribution in [2.75, 3.05) is 14.2 Å². The summed E-state index contributed by atoms with van der Waals surface area (Å²) in [6, 6.07) is 13.8. The highest BCUT2D eigenvalue weighted by atomic mass is 19.1. The van der Waals surface area contributed by atoms with Gasteiger partial charge in [0, 0.05) is 7.05 Å². The molecule has 0 aliphatic carbocycles. The number of carbonyl (C=O) groups is 1. The van der Waals surface area contributed by atoms with E-state index >= 15 is 0 Å². The molecule has 0 bridgehead atoms. The van der Waals surface area contributed by atoms with Crippen LogP contribution in [0.2, 0.25) is 0 Å². The Labute approximate surface area is 198 Å². The lowest BCUT2D eigenvalue weighted by Gasteiger charge is -2.06. The quantitative estimate of drug-likeness (QED) is 0.315. The fourth-order valence-electron chi connectivity index (χ4n) is 1.99. The molecule has 0 aliphatic rings. The molecule has 0 atom stereocenters. The Kier molecular flexibility index (Phi) is 24.0. The van der Waals surface area contributed by atoms with Gasteiger partial charge in [0.1, 0.15) is 23.4 Å². The number of halogens is 2. The van der Waals surface area contributed by atoms with Crippen molar-refractivity contribution in [3.63, 3.8) is 0 Å². The number of nitrogens with one attached hydrogen (secondary N) is 1. The number of methoxy groups -OCH3 is 1. The predicted octanol–water partition coefficient (Wildman–Crippen LogP) is 6.69. The number of likely N-dealkylation sites (N-methyl/N-ethyl adjacent to an activating group) is 1. The summed E-state index contributed by atoms with van der Waals surface area (Å²) in [5.74, 6) is -1.82. The van der Waals surface area contributed by atoms with Crippen molar-refractivity contribution in [1.82, 2.24) is 5.32 Å². The summed E-state index contributed by atoms with van der Waals surface area (Å²) >= 11 is 0. The first-order valence-corrected chi connectivity index (χ1v) is 10.7. The molecule has 2 rings (SSSR count). The van der Waals surface area contributed by atoms with E-state index in [-0.39, 0.29) is 17.0 Å². The standard InChI is InChI=1S/C13H14F2N2O.C7H8.C3H4O.2C2H6/c1-4-11(13(18)16-3)17-8(2)12-9(14)6-5-7-10(12)15;1-7-5-3-2-4-6-7;1-3-4-2;2*1-2/h4-7H,1-3H3,(H,16,18);2-6H,1H3;1H,2H3;2*1-2H3/b11-4-,17-8?;;;;. The van der Waals surface area contributed by atoms with Gasteiger partial charge in [-0.25, -0.2) is 13.8 Å². The number of hydrogen-bond donors (Lipinski definition) is 1. The molecule has 4 nitrogen and oxygen atoms in total. The van der Waals surface area contributed by atoms with Gasteiger partial charge >= 0.3 is 0 Å². The van der Waals surface area contributed by atoms with Gasteiger partial charge in [-0.05, 0) is 32.9 Å². The number of benzene rings is 2. The van der Waals surface area contributed by atoms with Crippen LogP contribution in [-0.4, -0.2) is 25.8 Å². The van der Waals surface area contributed by atoms with Crippen molar-refractivity contribution >= 4 is 11.6 Å². The lowest BCUT2D eigenvalue weighted by atomic mass is 10.1. The molecule has 1 N–H and O–H groups in total. The highest BCUT2D eigenvalue weighted by Gasteiger charge is 2.13. The van der Waals surface area contributed by atoms with Crippen LogP contribution in [0, 0.1) is 31.1 Å². The molecule has 0 saturated heterocycles. The minimum atomic E-state index is -0.705. The lowest BCUT2D eigenvalue weighted by molar-refractivity contribution is -0.117. The van der Waals surface area contributed by atoms with E-state index < -0.39 is 17.5 Å². The van der Waals surface area contributed by atoms with Crippen molar-refractivity contribution < 1.29 is 18.3 Å². The first-order valence-electron chi connectivity index (χ1n) is 10.7. The van der Waals surface area contributed by atoms with Gasteiger partial charge in [0.25, 0.3) is 5.91 Å². The number of carbonyl (C=O) groups excluding carboxylic acids is 1. The van der Waals surface area contributed by atoms with E-state index in [0.717, 1.165) is 12.1 Å². The van der Waals surface area contributed by atoms with Gasteiger partial charge in [0.05, 0.1) is 18.4 Å². The Hall–Kier alpha value is -3.46. The zero-order valence-corrected chi connectivity index (χ0v) is 21.3. The SMILES string of the molecule is C#COC.C/C=C(\N=C(C)c1c(F)cccc1F)C(=O)NC.CC.CC.Cc1ccccc1. The van der Waals surface area contributed by atoms with Crippen LogP contribution in [0.15, 0.2) is 65.3 Å². The average Bonchev–Trinajstić information content (AvgIpc) is 2.85. The highest BCUT2D eigenvalue weighted by Crippen LogP contribution is 2.14. The first-order chi connectivity index (χ1) is 15.8. The van der Waals surface area contributed by atoms with Crippen molar-refractivity contribution in [2.24, 2.45) is 4.99 Å². The molecule has 0 radical (unpaired) electrons. The van der Waals surface area contributed by atoms with Crippen LogP contribution in [0.4, 0.5) is 8.78 Å². The summed E-state index contributed by atoms with van der Waals surface area (Å²) < 4.78 is 31.1. The number of ether oxygens (including phenoxy) is 1. The smallest absolute Gasteiger partial charge is 0.269 e. The molecule has 6 heteroatoms. The van der Waals surface area contributed by atoms with Gasteiger partial charge in [-0.3, -0.25) is 4.79 Å². The topological polar surface area (TPSA) is 50.7 Å². The lowest BCUT2D eigenvalue weighted by Crippen LogP contribution is -2.20. The van der Waals surface area contributed by atoms with Crippen LogP contribution in [-0.2, 0) is 9.53 Å². The summed E-state index contributed by atoms with van der Waals surface area (Å²) in [6.07, 6.45) is 7.96. The zero-order chi connectivity index (χ0) is 26.2. The van der Waals surface area contributed by atoms with Crippen LogP contribution in [0.3, 0.4) is 0 Å². The van der Waals surface area contributed by atoms with E-state index in [4.69, 9.17) is 0 Å². The Morgan fingerprint density at radius 2 is 1.48 bits per heavy atom. The Bertz CT molecular complexity index is 851. The second kappa shape index (κ2) is 23.2. The summed E-state index contributed by atoms with van der Waals surface area (Å²) in [6.45, 7) is 13.2. The molecule has 0 unspecified atom stereocenters. The molecule has 0 aromatic heterocycles. The molecule has 33 heavy (non-hydrogen) atoms. The van der Waals surface area contributed by atoms with Crippen LogP contribution in [0.25, 0.3) is 0 Å². The number of rotatable bonds is 3. The van der Waals surface area contributed by atoms with Crippen LogP contribution < -0.4 is 5.32 Å². The van der Waals surface area contributed by atoms with Crippen molar-refractivity contribution in [2.45, 2.75) is 48.5 Å². The molecular formula is C27H38F2N2O2. The normalized spacial score (nSPS) is 9.52. The maximum Gasteiger partial charge on any atom is 0.269 e. The molecule has 182 valence electrons. The Morgan fingerprint density at radius 1 is 1.03 bits per heavy atom. The largest absolute Gasteiger partial charge is 0.450 e. The van der Waals surface area contributed by atoms with Crippen LogP contribution in [0.5, 0.6) is 0 Å². The van der Waals surface area contributed by atoms with Gasteiger partial charge < -0.3 is 10.1 Å². The molecule has 2 aromatic rings. The summed E-state index contributed by atoms with van der Waals surface area (Å²) in [5.41, 5.74) is 1.32. The van der Waals surface area contributed by atoms with E-state index in [1.807, 2.05) is 52.0 Å². The van der Waals surface area contributed by atoms with E-state index in [1.54, 1.807) is 6.92 Å². The number of allylic oxidation sites excluding steroid dienone is 1. The Morgan fingerprint density at radius 3 is 1.79 bits per heavy atom. The van der Waals surface area contributed by atoms with E-state index in [9.17, 15) is 13.6 Å². The number of aryl methyl sites for hydroxylation is 1. The molecule has 0 fully saturated rings. The van der Waals surface area contributed by atoms with Gasteiger partial charge in [-0.2, -0.15) is 0 Å². The molecule has 0 spiro atoms. The minimum absolute atomic E-state index is 0.109. The summed E-state index contributed by atoms with van der Waals surface area (Å²) in [5, 5.41) is 2.40. The van der Waals surface area contributed by atoms with Gasteiger partial charge in [0.15, 0.2) is 0 Å². The number of nitrogens with zero attached hydrogens (tertiary/aromatic N) is 1. The fraction of sp³-hybridized carbons (Fsp3) is 0.333. The van der Waals surface area contributed by atoms with Crippen molar-refractivity contribution in [3.05, 3.63) is 83.1 Å². The number of aliphatic imine (C=N–C) groups is 1. The summed E-state index contributed by atoms with van der Waals surface area (Å²) in [4.78, 5) is 15.3. The highest BCUT2D eigenvalue weighted by molar-refractivity contribution is 6.03.